The standard InChI is InChI=1S/C21H30BrN3O3S/c22-17-5-4-6-18(13-17)24-20(27)15-29-14-19(26)23-16-21(7-2-1-3-8-21)25-9-11-28-12-10-25/h4-6,13H,1-3,7-12,14-16H2,(H,23,26)(H,24,27). The van der Waals surface area contributed by atoms with E-state index in [-0.39, 0.29) is 23.1 Å². The first-order chi connectivity index (χ1) is 14.1. The fraction of sp³-hybridized carbons (Fsp3) is 0.619. The average Bonchev–Trinajstić information content (AvgIpc) is 2.74. The van der Waals surface area contributed by atoms with Crippen LogP contribution in [-0.4, -0.2) is 66.6 Å². The van der Waals surface area contributed by atoms with Crippen LogP contribution in [0, 0.1) is 0 Å². The van der Waals surface area contributed by atoms with E-state index in [0.29, 0.717) is 12.3 Å². The lowest BCUT2D eigenvalue weighted by atomic mass is 9.79. The van der Waals surface area contributed by atoms with E-state index >= 15 is 0 Å². The zero-order valence-corrected chi connectivity index (χ0v) is 19.2. The Bertz CT molecular complexity index is 692. The third kappa shape index (κ3) is 6.98. The molecule has 1 aliphatic heterocycles. The summed E-state index contributed by atoms with van der Waals surface area (Å²) in [5.74, 6) is 0.459. The van der Waals surface area contributed by atoms with E-state index in [2.05, 4.69) is 31.5 Å². The van der Waals surface area contributed by atoms with Crippen molar-refractivity contribution in [2.75, 3.05) is 49.7 Å². The predicted molar refractivity (Wildman–Crippen MR) is 121 cm³/mol. The average molecular weight is 484 g/mol. The van der Waals surface area contributed by atoms with Crippen molar-refractivity contribution in [3.05, 3.63) is 28.7 Å². The molecule has 1 aromatic carbocycles. The highest BCUT2D eigenvalue weighted by atomic mass is 79.9. The number of nitrogens with one attached hydrogen (secondary N) is 2. The minimum absolute atomic E-state index is 0.00321. The molecule has 2 aliphatic rings. The van der Waals surface area contributed by atoms with E-state index in [1.54, 1.807) is 0 Å². The van der Waals surface area contributed by atoms with Gasteiger partial charge in [-0.2, -0.15) is 0 Å². The Kier molecular flexibility index (Phi) is 8.84. The molecule has 29 heavy (non-hydrogen) atoms. The van der Waals surface area contributed by atoms with Gasteiger partial charge < -0.3 is 15.4 Å². The molecule has 1 saturated carbocycles. The number of nitrogens with zero attached hydrogens (tertiary/aromatic N) is 1. The molecular formula is C21H30BrN3O3S. The van der Waals surface area contributed by atoms with Gasteiger partial charge in [0.2, 0.25) is 11.8 Å². The highest BCUT2D eigenvalue weighted by Gasteiger charge is 2.38. The molecule has 160 valence electrons. The fourth-order valence-electron chi connectivity index (χ4n) is 4.17. The van der Waals surface area contributed by atoms with Crippen LogP contribution in [0.2, 0.25) is 0 Å². The number of ether oxygens (including phenoxy) is 1. The Labute approximate surface area is 185 Å². The molecule has 0 atom stereocenters. The molecule has 2 N–H and O–H groups in total. The van der Waals surface area contributed by atoms with Gasteiger partial charge in [-0.15, -0.1) is 11.8 Å². The molecular weight excluding hydrogens is 454 g/mol. The molecule has 0 radical (unpaired) electrons. The summed E-state index contributed by atoms with van der Waals surface area (Å²) in [5, 5.41) is 5.99. The van der Waals surface area contributed by atoms with Gasteiger partial charge in [0.1, 0.15) is 0 Å². The van der Waals surface area contributed by atoms with E-state index in [1.165, 1.54) is 31.0 Å². The number of rotatable bonds is 8. The van der Waals surface area contributed by atoms with Gasteiger partial charge in [-0.05, 0) is 31.0 Å². The molecule has 2 amide bonds. The Morgan fingerprint density at radius 2 is 1.83 bits per heavy atom. The fourth-order valence-corrected chi connectivity index (χ4v) is 5.21. The maximum atomic E-state index is 12.4. The van der Waals surface area contributed by atoms with Crippen LogP contribution < -0.4 is 10.6 Å². The Morgan fingerprint density at radius 1 is 1.10 bits per heavy atom. The summed E-state index contributed by atoms with van der Waals surface area (Å²) in [5.41, 5.74) is 0.819. The molecule has 1 heterocycles. The normalized spacial score (nSPS) is 19.5. The lowest BCUT2D eigenvalue weighted by Gasteiger charge is -2.48. The van der Waals surface area contributed by atoms with E-state index in [9.17, 15) is 9.59 Å². The quantitative estimate of drug-likeness (QED) is 0.593. The first-order valence-corrected chi connectivity index (χ1v) is 12.2. The predicted octanol–water partition coefficient (Wildman–Crippen LogP) is 3.27. The summed E-state index contributed by atoms with van der Waals surface area (Å²) in [6, 6.07) is 7.47. The van der Waals surface area contributed by atoms with Gasteiger partial charge in [0.15, 0.2) is 0 Å². The maximum Gasteiger partial charge on any atom is 0.234 e. The van der Waals surface area contributed by atoms with Crippen LogP contribution in [0.4, 0.5) is 5.69 Å². The minimum atomic E-state index is -0.0991. The van der Waals surface area contributed by atoms with Crippen molar-refractivity contribution in [3.8, 4) is 0 Å². The smallest absolute Gasteiger partial charge is 0.234 e. The number of anilines is 1. The number of morpholine rings is 1. The number of carbonyl (C=O) groups excluding carboxylic acids is 2. The zero-order valence-electron chi connectivity index (χ0n) is 16.8. The van der Waals surface area contributed by atoms with Crippen molar-refractivity contribution in [1.29, 1.82) is 0 Å². The number of hydrogen-bond acceptors (Lipinski definition) is 5. The maximum absolute atomic E-state index is 12.4. The van der Waals surface area contributed by atoms with Crippen molar-refractivity contribution in [1.82, 2.24) is 10.2 Å². The summed E-state index contributed by atoms with van der Waals surface area (Å²) >= 11 is 4.73. The number of carbonyl (C=O) groups is 2. The Hall–Kier alpha value is -1.09. The highest BCUT2D eigenvalue weighted by molar-refractivity contribution is 9.10. The van der Waals surface area contributed by atoms with Gasteiger partial charge in [0.05, 0.1) is 24.7 Å². The van der Waals surface area contributed by atoms with Crippen molar-refractivity contribution >= 4 is 45.2 Å². The number of hydrogen-bond donors (Lipinski definition) is 2. The van der Waals surface area contributed by atoms with E-state index < -0.39 is 0 Å². The largest absolute Gasteiger partial charge is 0.379 e. The molecule has 8 heteroatoms. The number of halogens is 1. The molecule has 0 aromatic heterocycles. The van der Waals surface area contributed by atoms with E-state index in [4.69, 9.17) is 4.74 Å². The molecule has 0 bridgehead atoms. The molecule has 2 fully saturated rings. The molecule has 1 aromatic rings. The minimum Gasteiger partial charge on any atom is -0.379 e. The molecule has 1 saturated heterocycles. The van der Waals surface area contributed by atoms with Crippen LogP contribution in [0.3, 0.4) is 0 Å². The topological polar surface area (TPSA) is 70.7 Å². The van der Waals surface area contributed by atoms with Crippen LogP contribution in [-0.2, 0) is 14.3 Å². The lowest BCUT2D eigenvalue weighted by molar-refractivity contribution is -0.119. The Balaban J connectivity index is 1.40. The van der Waals surface area contributed by atoms with Crippen molar-refractivity contribution in [3.63, 3.8) is 0 Å². The third-order valence-electron chi connectivity index (χ3n) is 5.66. The van der Waals surface area contributed by atoms with Gasteiger partial charge >= 0.3 is 0 Å². The summed E-state index contributed by atoms with van der Waals surface area (Å²) in [6.45, 7) is 4.13. The van der Waals surface area contributed by atoms with Crippen LogP contribution in [0.1, 0.15) is 32.1 Å². The lowest BCUT2D eigenvalue weighted by Crippen LogP contribution is -2.59. The summed E-state index contributed by atoms with van der Waals surface area (Å²) < 4.78 is 6.43. The second kappa shape index (κ2) is 11.3. The number of thioether (sulfide) groups is 1. The number of benzene rings is 1. The third-order valence-corrected chi connectivity index (χ3v) is 7.08. The van der Waals surface area contributed by atoms with Gasteiger partial charge in [-0.1, -0.05) is 41.3 Å². The van der Waals surface area contributed by atoms with Crippen molar-refractivity contribution < 1.29 is 14.3 Å². The molecule has 3 rings (SSSR count). The highest BCUT2D eigenvalue weighted by Crippen LogP contribution is 2.33. The number of amides is 2. The second-order valence-electron chi connectivity index (χ2n) is 7.71. The summed E-state index contributed by atoms with van der Waals surface area (Å²) in [7, 11) is 0. The van der Waals surface area contributed by atoms with Crippen LogP contribution in [0.15, 0.2) is 28.7 Å². The van der Waals surface area contributed by atoms with Crippen LogP contribution in [0.25, 0.3) is 0 Å². The van der Waals surface area contributed by atoms with Crippen molar-refractivity contribution in [2.45, 2.75) is 37.6 Å². The Morgan fingerprint density at radius 3 is 2.55 bits per heavy atom. The SMILES string of the molecule is O=C(CSCC(=O)Nc1cccc(Br)c1)NCC1(N2CCOCC2)CCCCC1. The van der Waals surface area contributed by atoms with Crippen LogP contribution >= 0.6 is 27.7 Å². The second-order valence-corrected chi connectivity index (χ2v) is 9.61. The van der Waals surface area contributed by atoms with E-state index in [0.717, 1.165) is 49.3 Å². The zero-order chi connectivity index (χ0) is 20.5. The first kappa shape index (κ1) is 22.6. The summed E-state index contributed by atoms with van der Waals surface area (Å²) in [4.78, 5) is 27.0. The molecule has 0 spiro atoms. The molecule has 0 unspecified atom stereocenters. The van der Waals surface area contributed by atoms with Gasteiger partial charge in [-0.3, -0.25) is 14.5 Å². The first-order valence-electron chi connectivity index (χ1n) is 10.3. The van der Waals surface area contributed by atoms with Gasteiger partial charge in [0.25, 0.3) is 0 Å². The van der Waals surface area contributed by atoms with Gasteiger partial charge in [-0.25, -0.2) is 0 Å². The van der Waals surface area contributed by atoms with Gasteiger partial charge in [0, 0.05) is 35.3 Å². The van der Waals surface area contributed by atoms with Crippen LogP contribution in [0.5, 0.6) is 0 Å². The van der Waals surface area contributed by atoms with E-state index in [1.807, 2.05) is 24.3 Å². The monoisotopic (exact) mass is 483 g/mol. The summed E-state index contributed by atoms with van der Waals surface area (Å²) in [6.07, 6.45) is 5.99. The molecule has 6 nitrogen and oxygen atoms in total. The molecule has 1 aliphatic carbocycles. The van der Waals surface area contributed by atoms with Crippen molar-refractivity contribution in [2.24, 2.45) is 0 Å².